The Kier molecular flexibility index (Phi) is 12.1. The molecule has 7 rings (SSSR count). The van der Waals surface area contributed by atoms with Gasteiger partial charge in [0.15, 0.2) is 0 Å². The fourth-order valence-corrected chi connectivity index (χ4v) is 14.0. The first kappa shape index (κ1) is 45.1. The van der Waals surface area contributed by atoms with Crippen LogP contribution < -0.4 is 11.2 Å². The van der Waals surface area contributed by atoms with Gasteiger partial charge in [0, 0.05) is 41.3 Å². The van der Waals surface area contributed by atoms with Gasteiger partial charge in [-0.1, -0.05) is 65.2 Å². The number of fused-ring (bicyclic) bond motifs is 7. The van der Waals surface area contributed by atoms with Gasteiger partial charge < -0.3 is 18.9 Å². The van der Waals surface area contributed by atoms with Crippen LogP contribution in [-0.2, 0) is 33.3 Å². The Morgan fingerprint density at radius 2 is 1.66 bits per heavy atom. The second-order valence-corrected chi connectivity index (χ2v) is 21.7. The van der Waals surface area contributed by atoms with E-state index in [0.29, 0.717) is 30.2 Å². The van der Waals surface area contributed by atoms with Crippen molar-refractivity contribution in [3.8, 4) is 0 Å². The normalized spacial score (nSPS) is 38.2. The number of aryl methyl sites for hydroxylation is 1. The first-order chi connectivity index (χ1) is 28.7. The van der Waals surface area contributed by atoms with E-state index in [9.17, 15) is 24.0 Å². The van der Waals surface area contributed by atoms with Crippen LogP contribution in [0.4, 0.5) is 0 Å². The molecule has 4 saturated carbocycles. The summed E-state index contributed by atoms with van der Waals surface area (Å²) in [5, 5.41) is 3.78. The van der Waals surface area contributed by atoms with Crippen molar-refractivity contribution in [1.82, 2.24) is 9.55 Å². The molecule has 0 radical (unpaired) electrons. The maximum atomic E-state index is 13.6. The molecule has 0 bridgehead atoms. The molecule has 0 amide bonds. The number of ether oxygens (including phenoxy) is 4. The van der Waals surface area contributed by atoms with Gasteiger partial charge in [0.05, 0.1) is 18.6 Å². The van der Waals surface area contributed by atoms with E-state index in [1.165, 1.54) is 16.3 Å². The topological polar surface area (TPSA) is 192 Å². The fraction of sp³-hybridized carbons (Fsp3) is 0.809. The van der Waals surface area contributed by atoms with Crippen molar-refractivity contribution in [3.05, 3.63) is 54.7 Å². The molecule has 1 saturated heterocycles. The van der Waals surface area contributed by atoms with Crippen LogP contribution in [0, 0.1) is 57.2 Å². The van der Waals surface area contributed by atoms with Gasteiger partial charge in [0.1, 0.15) is 25.0 Å². The number of allylic oxidation sites excluding steroid dienone is 2. The number of aromatic amines is 1. The fourth-order valence-electron chi connectivity index (χ4n) is 14.0. The summed E-state index contributed by atoms with van der Waals surface area (Å²) in [5.74, 6) is 0.377. The third-order valence-electron chi connectivity index (χ3n) is 17.7. The number of carbonyl (C=O) groups is 3. The van der Waals surface area contributed by atoms with E-state index in [-0.39, 0.29) is 76.9 Å². The van der Waals surface area contributed by atoms with Crippen LogP contribution in [0.5, 0.6) is 0 Å². The number of esters is 3. The van der Waals surface area contributed by atoms with E-state index < -0.39 is 41.0 Å². The van der Waals surface area contributed by atoms with Crippen molar-refractivity contribution in [1.29, 1.82) is 0 Å². The molecule has 2 heterocycles. The standard InChI is InChI=1S/C47H69N5O9/c1-28-26-52(41(57)49-39(28)55)36-24-31(50-51-48)32(60-36)27-59-37(53)12-10-11-13-38(54)61-35-17-18-44(6)33(43(35,4)5)16-19-46(8)34(44)15-14-29-30-25-42(2,3)20-22-47(30,40(56)58-9)23-21-45(29,46)7/h14,26,30-36H,10-13,15-25,27H2,1-9H3,(H,49,55,57)/t30-,31-,32+,33-,34+,35-,36+,44-,45+,46+,47-/m0/s1. The Balaban J connectivity index is 0.924. The van der Waals surface area contributed by atoms with Crippen LogP contribution in [-0.4, -0.2) is 59.4 Å². The van der Waals surface area contributed by atoms with Gasteiger partial charge in [-0.05, 0) is 129 Å². The van der Waals surface area contributed by atoms with E-state index in [0.717, 1.165) is 64.2 Å². The molecule has 0 unspecified atom stereocenters. The average Bonchev–Trinajstić information content (AvgIpc) is 3.60. The molecule has 61 heavy (non-hydrogen) atoms. The van der Waals surface area contributed by atoms with Crippen molar-refractivity contribution < 1.29 is 33.3 Å². The lowest BCUT2D eigenvalue weighted by Gasteiger charge is -2.71. The molecular weight excluding hydrogens is 779 g/mol. The number of aromatic nitrogens is 2. The molecule has 1 aliphatic heterocycles. The smallest absolute Gasteiger partial charge is 0.330 e. The minimum absolute atomic E-state index is 0.00814. The quantitative estimate of drug-likeness (QED) is 0.0431. The number of carbonyl (C=O) groups excluding carboxylic acids is 3. The number of rotatable bonds is 11. The van der Waals surface area contributed by atoms with Crippen LogP contribution in [0.25, 0.3) is 10.4 Å². The third-order valence-corrected chi connectivity index (χ3v) is 17.7. The summed E-state index contributed by atoms with van der Waals surface area (Å²) >= 11 is 0. The molecule has 0 spiro atoms. The largest absolute Gasteiger partial charge is 0.469 e. The highest BCUT2D eigenvalue weighted by atomic mass is 16.6. The van der Waals surface area contributed by atoms with Gasteiger partial charge in [-0.3, -0.25) is 28.7 Å². The number of nitrogens with one attached hydrogen (secondary N) is 1. The molecule has 14 nitrogen and oxygen atoms in total. The van der Waals surface area contributed by atoms with Crippen molar-refractivity contribution in [2.45, 2.75) is 176 Å². The van der Waals surface area contributed by atoms with Crippen molar-refractivity contribution in [2.75, 3.05) is 13.7 Å². The molecular formula is C47H69N5O9. The summed E-state index contributed by atoms with van der Waals surface area (Å²) in [6.07, 6.45) is 13.5. The number of methoxy groups -OCH3 is 1. The summed E-state index contributed by atoms with van der Waals surface area (Å²) in [6.45, 7) is 18.4. The predicted octanol–water partition coefficient (Wildman–Crippen LogP) is 8.80. The number of nitrogens with zero attached hydrogens (tertiary/aromatic N) is 4. The van der Waals surface area contributed by atoms with Crippen molar-refractivity contribution >= 4 is 17.9 Å². The first-order valence-electron chi connectivity index (χ1n) is 22.8. The van der Waals surface area contributed by atoms with Crippen LogP contribution >= 0.6 is 0 Å². The lowest BCUT2D eigenvalue weighted by Crippen LogP contribution is -2.65. The summed E-state index contributed by atoms with van der Waals surface area (Å²) < 4.78 is 24.5. The summed E-state index contributed by atoms with van der Waals surface area (Å²) in [5.41, 5.74) is 9.54. The number of unbranched alkanes of at least 4 members (excludes halogenated alkanes) is 1. The van der Waals surface area contributed by atoms with E-state index in [1.54, 1.807) is 14.0 Å². The predicted molar refractivity (Wildman–Crippen MR) is 228 cm³/mol. The maximum Gasteiger partial charge on any atom is 0.330 e. The van der Waals surface area contributed by atoms with Gasteiger partial charge in [-0.15, -0.1) is 0 Å². The van der Waals surface area contributed by atoms with Gasteiger partial charge in [0.2, 0.25) is 0 Å². The van der Waals surface area contributed by atoms with E-state index in [4.69, 9.17) is 24.5 Å². The Morgan fingerprint density at radius 3 is 2.36 bits per heavy atom. The zero-order valence-electron chi connectivity index (χ0n) is 38.0. The maximum absolute atomic E-state index is 13.6. The third kappa shape index (κ3) is 7.69. The average molecular weight is 848 g/mol. The molecule has 5 fully saturated rings. The highest BCUT2D eigenvalue weighted by Crippen LogP contribution is 2.76. The highest BCUT2D eigenvalue weighted by Gasteiger charge is 2.69. The van der Waals surface area contributed by atoms with Crippen LogP contribution in [0.1, 0.15) is 157 Å². The zero-order valence-corrected chi connectivity index (χ0v) is 38.0. The van der Waals surface area contributed by atoms with Gasteiger partial charge in [0.25, 0.3) is 5.56 Å². The van der Waals surface area contributed by atoms with Crippen molar-refractivity contribution in [3.63, 3.8) is 0 Å². The summed E-state index contributed by atoms with van der Waals surface area (Å²) in [7, 11) is 1.56. The molecule has 1 N–H and O–H groups in total. The monoisotopic (exact) mass is 848 g/mol. The SMILES string of the molecule is COC(=O)[C@]12CCC(C)(C)C[C@H]1C1=CC[C@@H]3[C@@]4(C)CC[C@H](OC(=O)CCCCC(=O)OC[C@H]5O[C@@H](n6cc(C)c(=O)[nH]c6=O)C[C@@H]5N=[N+]=[N-])C(C)(C)[C@@H]4CC[C@@]3(C)[C@]1(C)CC2. The Hall–Kier alpha value is -3.90. The summed E-state index contributed by atoms with van der Waals surface area (Å²) in [6, 6.07) is -0.677. The molecule has 1 aromatic rings. The Bertz CT molecular complexity index is 2100. The number of hydrogen-bond donors (Lipinski definition) is 1. The molecule has 0 aromatic carbocycles. The minimum atomic E-state index is -0.798. The first-order valence-corrected chi connectivity index (χ1v) is 22.8. The number of hydrogen-bond acceptors (Lipinski definition) is 10. The second kappa shape index (κ2) is 16.3. The molecule has 5 aliphatic carbocycles. The molecule has 11 atom stereocenters. The lowest BCUT2D eigenvalue weighted by atomic mass is 9.33. The second-order valence-electron chi connectivity index (χ2n) is 21.7. The summed E-state index contributed by atoms with van der Waals surface area (Å²) in [4.78, 5) is 69.0. The van der Waals surface area contributed by atoms with Crippen LogP contribution in [0.15, 0.2) is 32.5 Å². The molecule has 6 aliphatic rings. The highest BCUT2D eigenvalue weighted by molar-refractivity contribution is 5.78. The zero-order chi connectivity index (χ0) is 44.3. The Labute approximate surface area is 359 Å². The van der Waals surface area contributed by atoms with Crippen LogP contribution in [0.2, 0.25) is 0 Å². The van der Waals surface area contributed by atoms with Gasteiger partial charge in [-0.25, -0.2) is 4.79 Å². The molecule has 14 heteroatoms. The number of azide groups is 1. The lowest BCUT2D eigenvalue weighted by molar-refractivity contribution is -0.214. The molecule has 336 valence electrons. The van der Waals surface area contributed by atoms with E-state index >= 15 is 0 Å². The number of H-pyrrole nitrogens is 1. The molecule has 1 aromatic heterocycles. The Morgan fingerprint density at radius 1 is 0.951 bits per heavy atom. The van der Waals surface area contributed by atoms with E-state index in [1.807, 2.05) is 0 Å². The van der Waals surface area contributed by atoms with E-state index in [2.05, 4.69) is 69.6 Å². The van der Waals surface area contributed by atoms with Gasteiger partial charge >= 0.3 is 23.6 Å². The van der Waals surface area contributed by atoms with Crippen LogP contribution in [0.3, 0.4) is 0 Å². The van der Waals surface area contributed by atoms with Crippen molar-refractivity contribution in [2.24, 2.45) is 55.4 Å². The van der Waals surface area contributed by atoms with Gasteiger partial charge in [-0.2, -0.15) is 0 Å². The minimum Gasteiger partial charge on any atom is -0.469 e.